The van der Waals surface area contributed by atoms with E-state index in [2.05, 4.69) is 15.0 Å². The topological polar surface area (TPSA) is 115 Å². The molecule has 9 rings (SSSR count). The van der Waals surface area contributed by atoms with E-state index < -0.39 is 58.0 Å². The van der Waals surface area contributed by atoms with Crippen molar-refractivity contribution in [2.45, 2.75) is 41.3 Å². The van der Waals surface area contributed by atoms with Crippen molar-refractivity contribution in [3.63, 3.8) is 0 Å². The third-order valence-electron chi connectivity index (χ3n) is 11.3. The molecule has 3 heterocycles. The molecule has 8 aromatic rings. The van der Waals surface area contributed by atoms with Gasteiger partial charge in [0.1, 0.15) is 41.4 Å². The molecule has 0 amide bonds. The van der Waals surface area contributed by atoms with Gasteiger partial charge >= 0.3 is 15.6 Å². The summed E-state index contributed by atoms with van der Waals surface area (Å²) in [5.74, 6) is 0. The molecule has 1 fully saturated rings. The molecular weight excluding hydrogens is 865 g/mol. The SMILES string of the molecule is O=S(=O)(O[C@H]1[C@@H](OC(c2ccccc2)(c2ccccc2)c2ccccc2)[C@H](n2cnc3c(Cl)ncnc32)O[C@@H]1COC(c1ccccc1)(c1ccccc1)c1ccccc1)C(F)(F)F. The van der Waals surface area contributed by atoms with Crippen LogP contribution < -0.4 is 0 Å². The van der Waals surface area contributed by atoms with Crippen LogP contribution in [0, 0.1) is 0 Å². The fourth-order valence-electron chi connectivity index (χ4n) is 8.42. The minimum Gasteiger partial charge on any atom is -0.358 e. The predicted molar refractivity (Wildman–Crippen MR) is 233 cm³/mol. The van der Waals surface area contributed by atoms with Gasteiger partial charge < -0.3 is 14.2 Å². The molecule has 64 heavy (non-hydrogen) atoms. The van der Waals surface area contributed by atoms with Gasteiger partial charge in [0.25, 0.3) is 0 Å². The Labute approximate surface area is 372 Å². The molecule has 0 unspecified atom stereocenters. The number of aromatic nitrogens is 4. The van der Waals surface area contributed by atoms with Gasteiger partial charge in [0.2, 0.25) is 0 Å². The van der Waals surface area contributed by atoms with Crippen LogP contribution in [0.2, 0.25) is 5.15 Å². The molecule has 0 N–H and O–H groups in total. The molecular formula is C49H38ClF3N4O6S. The van der Waals surface area contributed by atoms with E-state index in [9.17, 15) is 21.6 Å². The van der Waals surface area contributed by atoms with Gasteiger partial charge in [-0.1, -0.05) is 194 Å². The van der Waals surface area contributed by atoms with E-state index in [1.807, 2.05) is 146 Å². The number of fused-ring (bicyclic) bond motifs is 1. The van der Waals surface area contributed by atoms with Crippen LogP contribution in [0.5, 0.6) is 0 Å². The molecule has 4 atom stereocenters. The van der Waals surface area contributed by atoms with Gasteiger partial charge in [-0.05, 0) is 33.4 Å². The van der Waals surface area contributed by atoms with E-state index in [1.165, 1.54) is 17.2 Å². The number of rotatable bonds is 14. The molecule has 15 heteroatoms. The van der Waals surface area contributed by atoms with Gasteiger partial charge in [-0.25, -0.2) is 15.0 Å². The minimum absolute atomic E-state index is 0.00267. The summed E-state index contributed by atoms with van der Waals surface area (Å²) in [6.45, 7) is -0.523. The Kier molecular flexibility index (Phi) is 11.9. The summed E-state index contributed by atoms with van der Waals surface area (Å²) < 4.78 is 99.0. The average Bonchev–Trinajstić information content (AvgIpc) is 3.91. The third kappa shape index (κ3) is 7.86. The lowest BCUT2D eigenvalue weighted by atomic mass is 9.79. The van der Waals surface area contributed by atoms with Gasteiger partial charge in [0, 0.05) is 0 Å². The summed E-state index contributed by atoms with van der Waals surface area (Å²) in [5, 5.41) is -0.00267. The smallest absolute Gasteiger partial charge is 0.358 e. The summed E-state index contributed by atoms with van der Waals surface area (Å²) in [6, 6.07) is 55.1. The highest BCUT2D eigenvalue weighted by Gasteiger charge is 2.58. The van der Waals surface area contributed by atoms with Crippen molar-refractivity contribution in [3.8, 4) is 0 Å². The number of nitrogens with zero attached hydrogens (tertiary/aromatic N) is 4. The zero-order valence-corrected chi connectivity index (χ0v) is 35.2. The normalized spacial score (nSPS) is 18.3. The van der Waals surface area contributed by atoms with Gasteiger partial charge in [-0.2, -0.15) is 21.6 Å². The van der Waals surface area contributed by atoms with Crippen LogP contribution >= 0.6 is 11.6 Å². The zero-order chi connectivity index (χ0) is 44.4. The number of benzene rings is 6. The first-order valence-electron chi connectivity index (χ1n) is 20.2. The molecule has 10 nitrogen and oxygen atoms in total. The molecule has 1 aliphatic rings. The van der Waals surface area contributed by atoms with E-state index >= 15 is 0 Å². The molecule has 0 bridgehead atoms. The van der Waals surface area contributed by atoms with E-state index in [-0.39, 0.29) is 16.3 Å². The Hall–Kier alpha value is -6.26. The Bertz CT molecular complexity index is 2730. The van der Waals surface area contributed by atoms with Crippen LogP contribution in [0.4, 0.5) is 13.2 Å². The molecule has 1 aliphatic heterocycles. The molecule has 324 valence electrons. The van der Waals surface area contributed by atoms with Crippen LogP contribution in [0.3, 0.4) is 0 Å². The van der Waals surface area contributed by atoms with E-state index in [1.54, 1.807) is 36.4 Å². The summed E-state index contributed by atoms with van der Waals surface area (Å²) in [5.41, 5.74) is -4.82. The van der Waals surface area contributed by atoms with Crippen molar-refractivity contribution in [1.29, 1.82) is 0 Å². The Balaban J connectivity index is 1.27. The number of hydrogen-bond donors (Lipinski definition) is 0. The van der Waals surface area contributed by atoms with Crippen LogP contribution in [0.25, 0.3) is 11.2 Å². The van der Waals surface area contributed by atoms with E-state index in [4.69, 9.17) is 30.0 Å². The molecule has 0 spiro atoms. The molecule has 0 aliphatic carbocycles. The van der Waals surface area contributed by atoms with Crippen molar-refractivity contribution in [2.75, 3.05) is 6.61 Å². The van der Waals surface area contributed by atoms with Gasteiger partial charge in [0.15, 0.2) is 17.0 Å². The number of ether oxygens (including phenoxy) is 3. The summed E-state index contributed by atoms with van der Waals surface area (Å²) >= 11 is 6.48. The Morgan fingerprint density at radius 1 is 0.578 bits per heavy atom. The number of hydrogen-bond acceptors (Lipinski definition) is 9. The number of imidazole rings is 1. The fourth-order valence-corrected chi connectivity index (χ4v) is 9.23. The van der Waals surface area contributed by atoms with Gasteiger partial charge in [-0.3, -0.25) is 8.75 Å². The van der Waals surface area contributed by atoms with Crippen LogP contribution in [0.15, 0.2) is 195 Å². The lowest BCUT2D eigenvalue weighted by Gasteiger charge is -2.40. The molecule has 2 aromatic heterocycles. The second kappa shape index (κ2) is 17.7. The minimum atomic E-state index is -6.34. The largest absolute Gasteiger partial charge is 0.523 e. The Morgan fingerprint density at radius 2 is 0.984 bits per heavy atom. The summed E-state index contributed by atoms with van der Waals surface area (Å²) in [7, 11) is -6.34. The molecule has 1 saturated heterocycles. The van der Waals surface area contributed by atoms with Crippen LogP contribution in [-0.2, 0) is 39.7 Å². The van der Waals surface area contributed by atoms with Gasteiger partial charge in [0.05, 0.1) is 12.9 Å². The second-order valence-electron chi connectivity index (χ2n) is 15.0. The summed E-state index contributed by atoms with van der Waals surface area (Å²) in [4.78, 5) is 12.9. The maximum atomic E-state index is 14.7. The highest BCUT2D eigenvalue weighted by molar-refractivity contribution is 7.87. The first-order chi connectivity index (χ1) is 31.0. The summed E-state index contributed by atoms with van der Waals surface area (Å²) in [6.07, 6.45) is -4.21. The average molecular weight is 903 g/mol. The standard InChI is InChI=1S/C49H38ClF3N4O6S/c50-44-41-45(55-32-54-44)57(33-56-41)46-43(62-48(37-25-13-4-14-26-37,38-27-15-5-16-28-38)39-29-17-6-18-30-39)42(63-64(58,59)49(51,52)53)40(61-46)31-60-47(34-19-7-1-8-20-34,35-21-9-2-10-22-35)36-23-11-3-12-24-36/h1-30,32-33,40,42-43,46H,31H2/t40-,42-,43-,46-/m1/s1. The number of halogens is 4. The highest BCUT2D eigenvalue weighted by Crippen LogP contribution is 2.49. The lowest BCUT2D eigenvalue weighted by Crippen LogP contribution is -2.48. The van der Waals surface area contributed by atoms with Crippen molar-refractivity contribution < 1.29 is 40.0 Å². The second-order valence-corrected chi connectivity index (χ2v) is 16.9. The molecule has 0 saturated carbocycles. The molecule has 0 radical (unpaired) electrons. The predicted octanol–water partition coefficient (Wildman–Crippen LogP) is 10.00. The maximum Gasteiger partial charge on any atom is 0.523 e. The highest BCUT2D eigenvalue weighted by atomic mass is 35.5. The van der Waals surface area contributed by atoms with Crippen molar-refractivity contribution in [1.82, 2.24) is 19.5 Å². The third-order valence-corrected chi connectivity index (χ3v) is 12.6. The monoisotopic (exact) mass is 902 g/mol. The maximum absolute atomic E-state index is 14.7. The Morgan fingerprint density at radius 3 is 1.39 bits per heavy atom. The van der Waals surface area contributed by atoms with Crippen molar-refractivity contribution in [3.05, 3.63) is 233 Å². The lowest BCUT2D eigenvalue weighted by molar-refractivity contribution is -0.122. The van der Waals surface area contributed by atoms with Crippen LogP contribution in [0.1, 0.15) is 39.6 Å². The first kappa shape index (κ1) is 43.0. The first-order valence-corrected chi connectivity index (χ1v) is 21.9. The van der Waals surface area contributed by atoms with Crippen molar-refractivity contribution in [2.24, 2.45) is 0 Å². The van der Waals surface area contributed by atoms with E-state index in [0.717, 1.165) is 0 Å². The number of alkyl halides is 3. The van der Waals surface area contributed by atoms with Crippen molar-refractivity contribution >= 4 is 32.9 Å². The quantitative estimate of drug-likeness (QED) is 0.0455. The molecule has 6 aromatic carbocycles. The van der Waals surface area contributed by atoms with E-state index in [0.29, 0.717) is 33.4 Å². The van der Waals surface area contributed by atoms with Gasteiger partial charge in [-0.15, -0.1) is 0 Å². The zero-order valence-electron chi connectivity index (χ0n) is 33.7. The van der Waals surface area contributed by atoms with Crippen LogP contribution in [-0.4, -0.2) is 58.4 Å². The fraction of sp³-hybridized carbons (Fsp3) is 0.163.